The van der Waals surface area contributed by atoms with Crippen molar-refractivity contribution >= 4 is 23.4 Å². The van der Waals surface area contributed by atoms with E-state index in [9.17, 15) is 4.79 Å². The van der Waals surface area contributed by atoms with Gasteiger partial charge in [-0.25, -0.2) is 4.79 Å². The van der Waals surface area contributed by atoms with Crippen molar-refractivity contribution in [2.24, 2.45) is 0 Å². The Morgan fingerprint density at radius 1 is 0.870 bits per heavy atom. The molecular weight excluding hydrogens is 310 g/mol. The zero-order valence-electron chi connectivity index (χ0n) is 12.7. The van der Waals surface area contributed by atoms with Crippen LogP contribution >= 0.6 is 12.2 Å². The molecular formula is C18H19NO3S. The van der Waals surface area contributed by atoms with Gasteiger partial charge in [-0.15, -0.1) is 0 Å². The van der Waals surface area contributed by atoms with Gasteiger partial charge in [0.05, 0.1) is 0 Å². The van der Waals surface area contributed by atoms with Crippen molar-refractivity contribution in [3.05, 3.63) is 71.8 Å². The number of hydrogen-bond donors (Lipinski definition) is 1. The van der Waals surface area contributed by atoms with E-state index in [1.165, 1.54) is 0 Å². The van der Waals surface area contributed by atoms with Crippen LogP contribution in [0.3, 0.4) is 0 Å². The molecule has 0 heterocycles. The van der Waals surface area contributed by atoms with Gasteiger partial charge in [-0.05, 0) is 23.3 Å². The number of amides is 1. The van der Waals surface area contributed by atoms with Gasteiger partial charge in [0, 0.05) is 13.0 Å². The third kappa shape index (κ3) is 6.93. The molecule has 0 fully saturated rings. The first-order chi connectivity index (χ1) is 11.2. The lowest BCUT2D eigenvalue weighted by Crippen LogP contribution is -2.26. The summed E-state index contributed by atoms with van der Waals surface area (Å²) in [6.07, 6.45) is 0.0162. The van der Waals surface area contributed by atoms with Crippen LogP contribution in [-0.4, -0.2) is 17.7 Å². The van der Waals surface area contributed by atoms with Crippen LogP contribution in [0, 0.1) is 0 Å². The van der Waals surface area contributed by atoms with Crippen LogP contribution in [0.2, 0.25) is 0 Å². The zero-order valence-corrected chi connectivity index (χ0v) is 13.6. The average molecular weight is 329 g/mol. The van der Waals surface area contributed by atoms with Crippen molar-refractivity contribution in [1.82, 2.24) is 5.32 Å². The number of hydrogen-bond acceptors (Lipinski definition) is 4. The smallest absolute Gasteiger partial charge is 0.407 e. The zero-order chi connectivity index (χ0) is 16.3. The number of nitrogens with one attached hydrogen (secondary N) is 1. The van der Waals surface area contributed by atoms with Gasteiger partial charge < -0.3 is 14.8 Å². The molecule has 0 aromatic heterocycles. The van der Waals surface area contributed by atoms with Crippen molar-refractivity contribution in [2.45, 2.75) is 19.6 Å². The summed E-state index contributed by atoms with van der Waals surface area (Å²) in [5, 5.41) is 3.12. The Morgan fingerprint density at radius 3 is 1.96 bits per heavy atom. The van der Waals surface area contributed by atoms with Gasteiger partial charge in [0.25, 0.3) is 0 Å². The van der Waals surface area contributed by atoms with Crippen LogP contribution in [0.15, 0.2) is 60.7 Å². The van der Waals surface area contributed by atoms with Crippen molar-refractivity contribution in [1.29, 1.82) is 0 Å². The highest BCUT2D eigenvalue weighted by Gasteiger charge is 2.04. The Labute approximate surface area is 141 Å². The van der Waals surface area contributed by atoms with Crippen molar-refractivity contribution < 1.29 is 14.3 Å². The largest absolute Gasteiger partial charge is 0.482 e. The molecule has 1 N–H and O–H groups in total. The molecule has 0 radical (unpaired) electrons. The monoisotopic (exact) mass is 329 g/mol. The number of thiocarbonyl (C=S) groups is 1. The first-order valence-corrected chi connectivity index (χ1v) is 7.79. The molecule has 4 nitrogen and oxygen atoms in total. The molecule has 0 aliphatic heterocycles. The first kappa shape index (κ1) is 17.0. The summed E-state index contributed by atoms with van der Waals surface area (Å²) in [6, 6.07) is 19.3. The molecule has 0 bridgehead atoms. The summed E-state index contributed by atoms with van der Waals surface area (Å²) >= 11 is 5.13. The molecule has 2 aromatic carbocycles. The van der Waals surface area contributed by atoms with E-state index < -0.39 is 6.09 Å². The van der Waals surface area contributed by atoms with Crippen LogP contribution < -0.4 is 5.32 Å². The van der Waals surface area contributed by atoms with E-state index in [0.717, 1.165) is 11.1 Å². The van der Waals surface area contributed by atoms with Crippen LogP contribution in [0.25, 0.3) is 0 Å². The number of ether oxygens (including phenoxy) is 2. The van der Waals surface area contributed by atoms with Crippen molar-refractivity contribution in [2.75, 3.05) is 6.54 Å². The predicted octanol–water partition coefficient (Wildman–Crippen LogP) is 3.85. The SMILES string of the molecule is O=C(NCCC(=S)OCc1ccccc1)OCc1ccccc1. The van der Waals surface area contributed by atoms with Crippen molar-refractivity contribution in [3.63, 3.8) is 0 Å². The summed E-state index contributed by atoms with van der Waals surface area (Å²) in [7, 11) is 0. The first-order valence-electron chi connectivity index (χ1n) is 7.38. The fourth-order valence-corrected chi connectivity index (χ4v) is 2.01. The predicted molar refractivity (Wildman–Crippen MR) is 93.1 cm³/mol. The van der Waals surface area contributed by atoms with Gasteiger partial charge in [0.15, 0.2) is 5.05 Å². The minimum absolute atomic E-state index is 0.252. The Balaban J connectivity index is 1.57. The minimum Gasteiger partial charge on any atom is -0.482 e. The van der Waals surface area contributed by atoms with Crippen LogP contribution in [0.1, 0.15) is 17.5 Å². The van der Waals surface area contributed by atoms with E-state index in [1.54, 1.807) is 0 Å². The molecule has 1 amide bonds. The molecule has 0 aliphatic carbocycles. The minimum atomic E-state index is -0.459. The summed E-state index contributed by atoms with van der Waals surface area (Å²) < 4.78 is 10.6. The molecule has 120 valence electrons. The molecule has 0 atom stereocenters. The molecule has 2 aromatic rings. The van der Waals surface area contributed by atoms with Gasteiger partial charge in [-0.2, -0.15) is 0 Å². The fraction of sp³-hybridized carbons (Fsp3) is 0.222. The maximum atomic E-state index is 11.6. The second-order valence-electron chi connectivity index (χ2n) is 4.88. The second-order valence-corrected chi connectivity index (χ2v) is 5.34. The normalized spacial score (nSPS) is 9.91. The molecule has 0 unspecified atom stereocenters. The van der Waals surface area contributed by atoms with Gasteiger partial charge in [-0.1, -0.05) is 60.7 Å². The van der Waals surface area contributed by atoms with Crippen LogP contribution in [-0.2, 0) is 22.7 Å². The summed E-state index contributed by atoms with van der Waals surface area (Å²) in [5.74, 6) is 0. The van der Waals surface area contributed by atoms with Crippen molar-refractivity contribution in [3.8, 4) is 0 Å². The molecule has 23 heavy (non-hydrogen) atoms. The molecule has 5 heteroatoms. The van der Waals surface area contributed by atoms with E-state index >= 15 is 0 Å². The fourth-order valence-electron chi connectivity index (χ4n) is 1.85. The lowest BCUT2D eigenvalue weighted by molar-refractivity contribution is 0.140. The van der Waals surface area contributed by atoms with E-state index in [1.807, 2.05) is 60.7 Å². The quantitative estimate of drug-likeness (QED) is 0.784. The number of rotatable bonds is 7. The standard InChI is InChI=1S/C18H19NO3S/c20-18(22-14-16-9-5-2-6-10-16)19-12-11-17(23)21-13-15-7-3-1-4-8-15/h1-10H,11-14H2,(H,19,20). The van der Waals surface area contributed by atoms with E-state index in [-0.39, 0.29) is 6.61 Å². The number of carbonyl (C=O) groups is 1. The van der Waals surface area contributed by atoms with Gasteiger partial charge in [0.2, 0.25) is 0 Å². The Morgan fingerprint density at radius 2 is 1.39 bits per heavy atom. The Hall–Kier alpha value is -2.40. The highest BCUT2D eigenvalue weighted by Crippen LogP contribution is 2.03. The molecule has 0 saturated heterocycles. The summed E-state index contributed by atoms with van der Waals surface area (Å²) in [6.45, 7) is 1.08. The Kier molecular flexibility index (Phi) is 7.07. The number of benzene rings is 2. The third-order valence-corrected chi connectivity index (χ3v) is 3.38. The summed E-state index contributed by atoms with van der Waals surface area (Å²) in [5.41, 5.74) is 2.01. The Bertz CT molecular complexity index is 561. The second kappa shape index (κ2) is 9.58. The van der Waals surface area contributed by atoms with E-state index in [2.05, 4.69) is 5.32 Å². The lowest BCUT2D eigenvalue weighted by atomic mass is 10.2. The van der Waals surface area contributed by atoms with Gasteiger partial charge >= 0.3 is 6.09 Å². The average Bonchev–Trinajstić information content (AvgIpc) is 2.60. The van der Waals surface area contributed by atoms with E-state index in [0.29, 0.717) is 24.6 Å². The van der Waals surface area contributed by atoms with Gasteiger partial charge in [-0.3, -0.25) is 0 Å². The maximum absolute atomic E-state index is 11.6. The molecule has 0 saturated carbocycles. The maximum Gasteiger partial charge on any atom is 0.407 e. The van der Waals surface area contributed by atoms with Gasteiger partial charge in [0.1, 0.15) is 13.2 Å². The topological polar surface area (TPSA) is 47.6 Å². The highest BCUT2D eigenvalue weighted by atomic mass is 32.1. The van der Waals surface area contributed by atoms with Crippen LogP contribution in [0.5, 0.6) is 0 Å². The van der Waals surface area contributed by atoms with Crippen LogP contribution in [0.4, 0.5) is 4.79 Å². The lowest BCUT2D eigenvalue weighted by Gasteiger charge is -2.09. The molecule has 0 spiro atoms. The molecule has 0 aliphatic rings. The summed E-state index contributed by atoms with van der Waals surface area (Å²) in [4.78, 5) is 11.6. The molecule has 2 rings (SSSR count). The highest BCUT2D eigenvalue weighted by molar-refractivity contribution is 7.80. The number of alkyl carbamates (subject to hydrolysis) is 1. The number of carbonyl (C=O) groups excluding carboxylic acids is 1. The third-order valence-electron chi connectivity index (χ3n) is 3.05. The van der Waals surface area contributed by atoms with E-state index in [4.69, 9.17) is 21.7 Å².